The van der Waals surface area contributed by atoms with Gasteiger partial charge in [0.25, 0.3) is 10.0 Å². The standard InChI is InChI=1S/C11H10BrFN2O2S2/c1-15(6-8-5-10(12)18-7-8)19(16,17)11-9(13)3-2-4-14-11/h2-5,7H,6H2,1H3. The summed E-state index contributed by atoms with van der Waals surface area (Å²) >= 11 is 4.77. The molecule has 0 aliphatic carbocycles. The van der Waals surface area contributed by atoms with E-state index in [1.807, 2.05) is 11.4 Å². The number of nitrogens with zero attached hydrogens (tertiary/aromatic N) is 2. The summed E-state index contributed by atoms with van der Waals surface area (Å²) in [7, 11) is -2.52. The van der Waals surface area contributed by atoms with Gasteiger partial charge < -0.3 is 0 Å². The van der Waals surface area contributed by atoms with Crippen LogP contribution in [0.15, 0.2) is 38.6 Å². The van der Waals surface area contributed by atoms with Crippen molar-refractivity contribution in [1.82, 2.24) is 9.29 Å². The van der Waals surface area contributed by atoms with Gasteiger partial charge in [-0.2, -0.15) is 4.31 Å². The minimum absolute atomic E-state index is 0.167. The molecule has 2 rings (SSSR count). The summed E-state index contributed by atoms with van der Waals surface area (Å²) in [5, 5.41) is 1.29. The normalized spacial score (nSPS) is 12.0. The third-order valence-electron chi connectivity index (χ3n) is 2.41. The molecule has 2 aromatic rings. The number of hydrogen-bond donors (Lipinski definition) is 0. The average Bonchev–Trinajstić information content (AvgIpc) is 2.75. The van der Waals surface area contributed by atoms with Crippen molar-refractivity contribution in [3.63, 3.8) is 0 Å². The van der Waals surface area contributed by atoms with Gasteiger partial charge in [0, 0.05) is 19.8 Å². The number of halogens is 2. The SMILES string of the molecule is CN(Cc1csc(Br)c1)S(=O)(=O)c1ncccc1F. The molecule has 19 heavy (non-hydrogen) atoms. The van der Waals surface area contributed by atoms with Crippen molar-refractivity contribution in [2.45, 2.75) is 11.6 Å². The molecule has 0 saturated carbocycles. The molecule has 0 aliphatic rings. The van der Waals surface area contributed by atoms with Gasteiger partial charge in [-0.15, -0.1) is 11.3 Å². The van der Waals surface area contributed by atoms with E-state index in [9.17, 15) is 12.8 Å². The van der Waals surface area contributed by atoms with Crippen molar-refractivity contribution in [2.75, 3.05) is 7.05 Å². The molecular weight excluding hydrogens is 355 g/mol. The van der Waals surface area contributed by atoms with Crippen LogP contribution in [-0.4, -0.2) is 24.8 Å². The molecule has 0 atom stereocenters. The summed E-state index contributed by atoms with van der Waals surface area (Å²) in [6.07, 6.45) is 1.25. The monoisotopic (exact) mass is 364 g/mol. The highest BCUT2D eigenvalue weighted by Crippen LogP contribution is 2.23. The lowest BCUT2D eigenvalue weighted by Crippen LogP contribution is -2.27. The van der Waals surface area contributed by atoms with Crippen LogP contribution in [0.2, 0.25) is 0 Å². The Labute approximate surface area is 123 Å². The summed E-state index contributed by atoms with van der Waals surface area (Å²) in [4.78, 5) is 3.61. The van der Waals surface area contributed by atoms with Crippen LogP contribution in [-0.2, 0) is 16.6 Å². The number of aromatic nitrogens is 1. The molecule has 0 radical (unpaired) electrons. The van der Waals surface area contributed by atoms with Gasteiger partial charge in [-0.25, -0.2) is 17.8 Å². The van der Waals surface area contributed by atoms with Gasteiger partial charge >= 0.3 is 0 Å². The van der Waals surface area contributed by atoms with Crippen LogP contribution < -0.4 is 0 Å². The molecule has 102 valence electrons. The van der Waals surface area contributed by atoms with Crippen LogP contribution >= 0.6 is 27.3 Å². The first-order chi connectivity index (χ1) is 8.91. The Morgan fingerprint density at radius 2 is 2.26 bits per heavy atom. The van der Waals surface area contributed by atoms with Crippen LogP contribution in [0, 0.1) is 5.82 Å². The van der Waals surface area contributed by atoms with Crippen molar-refractivity contribution < 1.29 is 12.8 Å². The minimum Gasteiger partial charge on any atom is -0.241 e. The number of sulfonamides is 1. The molecule has 0 unspecified atom stereocenters. The second-order valence-corrected chi connectivity index (χ2v) is 8.06. The predicted octanol–water partition coefficient (Wildman–Crippen LogP) is 2.87. The van der Waals surface area contributed by atoms with E-state index >= 15 is 0 Å². The van der Waals surface area contributed by atoms with Gasteiger partial charge in [-0.3, -0.25) is 0 Å². The lowest BCUT2D eigenvalue weighted by Gasteiger charge is -2.15. The van der Waals surface area contributed by atoms with Crippen LogP contribution in [0.5, 0.6) is 0 Å². The summed E-state index contributed by atoms with van der Waals surface area (Å²) in [5.74, 6) is -0.846. The maximum absolute atomic E-state index is 13.5. The summed E-state index contributed by atoms with van der Waals surface area (Å²) < 4.78 is 39.9. The number of rotatable bonds is 4. The fraction of sp³-hybridized carbons (Fsp3) is 0.182. The maximum atomic E-state index is 13.5. The van der Waals surface area contributed by atoms with Crippen LogP contribution in [0.4, 0.5) is 4.39 Å². The van der Waals surface area contributed by atoms with E-state index in [1.165, 1.54) is 30.6 Å². The summed E-state index contributed by atoms with van der Waals surface area (Å²) in [6, 6.07) is 4.25. The predicted molar refractivity (Wildman–Crippen MR) is 74.9 cm³/mol. The highest BCUT2D eigenvalue weighted by Gasteiger charge is 2.26. The van der Waals surface area contributed by atoms with Crippen LogP contribution in [0.3, 0.4) is 0 Å². The smallest absolute Gasteiger partial charge is 0.241 e. The highest BCUT2D eigenvalue weighted by molar-refractivity contribution is 9.11. The Bertz CT molecular complexity index is 688. The lowest BCUT2D eigenvalue weighted by atomic mass is 10.3. The zero-order chi connectivity index (χ0) is 14.0. The van der Waals surface area contributed by atoms with Gasteiger partial charge in [0.05, 0.1) is 3.79 Å². The Kier molecular flexibility index (Phi) is 4.34. The van der Waals surface area contributed by atoms with E-state index in [0.29, 0.717) is 0 Å². The van der Waals surface area contributed by atoms with Gasteiger partial charge in [0.15, 0.2) is 5.82 Å². The third-order valence-corrected chi connectivity index (χ3v) is 5.70. The van der Waals surface area contributed by atoms with Gasteiger partial charge in [0.1, 0.15) is 0 Å². The molecule has 2 heterocycles. The van der Waals surface area contributed by atoms with E-state index in [1.54, 1.807) is 0 Å². The zero-order valence-corrected chi connectivity index (χ0v) is 13.1. The average molecular weight is 365 g/mol. The van der Waals surface area contributed by atoms with E-state index in [-0.39, 0.29) is 6.54 Å². The van der Waals surface area contributed by atoms with E-state index in [2.05, 4.69) is 20.9 Å². The topological polar surface area (TPSA) is 50.3 Å². The molecule has 0 spiro atoms. The second-order valence-electron chi connectivity index (χ2n) is 3.81. The fourth-order valence-electron chi connectivity index (χ4n) is 1.48. The Balaban J connectivity index is 2.27. The summed E-state index contributed by atoms with van der Waals surface area (Å²) in [5.41, 5.74) is 0.833. The number of thiophene rings is 1. The van der Waals surface area contributed by atoms with Crippen molar-refractivity contribution in [2.24, 2.45) is 0 Å². The molecule has 2 aromatic heterocycles. The molecule has 0 aliphatic heterocycles. The summed E-state index contributed by atoms with van der Waals surface area (Å²) in [6.45, 7) is 0.167. The van der Waals surface area contributed by atoms with Crippen LogP contribution in [0.1, 0.15) is 5.56 Å². The van der Waals surface area contributed by atoms with E-state index in [4.69, 9.17) is 0 Å². The Hall–Kier alpha value is -0.830. The minimum atomic E-state index is -3.92. The van der Waals surface area contributed by atoms with Gasteiger partial charge in [-0.1, -0.05) is 0 Å². The highest BCUT2D eigenvalue weighted by atomic mass is 79.9. The maximum Gasteiger partial charge on any atom is 0.263 e. The molecule has 0 N–H and O–H groups in total. The molecule has 4 nitrogen and oxygen atoms in total. The zero-order valence-electron chi connectivity index (χ0n) is 9.88. The molecule has 0 saturated heterocycles. The quantitative estimate of drug-likeness (QED) is 0.837. The molecule has 8 heteroatoms. The van der Waals surface area contributed by atoms with Crippen molar-refractivity contribution >= 4 is 37.3 Å². The number of pyridine rings is 1. The van der Waals surface area contributed by atoms with E-state index in [0.717, 1.165) is 19.7 Å². The first-order valence-electron chi connectivity index (χ1n) is 5.21. The van der Waals surface area contributed by atoms with Gasteiger partial charge in [-0.05, 0) is 45.1 Å². The third kappa shape index (κ3) is 3.19. The second kappa shape index (κ2) is 5.66. The molecular formula is C11H10BrFN2O2S2. The molecule has 0 amide bonds. The van der Waals surface area contributed by atoms with Crippen LogP contribution in [0.25, 0.3) is 0 Å². The first-order valence-corrected chi connectivity index (χ1v) is 8.32. The Morgan fingerprint density at radius 1 is 1.53 bits per heavy atom. The van der Waals surface area contributed by atoms with Crippen molar-refractivity contribution in [3.8, 4) is 0 Å². The molecule has 0 bridgehead atoms. The fourth-order valence-corrected chi connectivity index (χ4v) is 3.80. The largest absolute Gasteiger partial charge is 0.263 e. The van der Waals surface area contributed by atoms with Crippen molar-refractivity contribution in [1.29, 1.82) is 0 Å². The Morgan fingerprint density at radius 3 is 2.84 bits per heavy atom. The molecule has 0 aromatic carbocycles. The molecule has 0 fully saturated rings. The number of hydrogen-bond acceptors (Lipinski definition) is 4. The van der Waals surface area contributed by atoms with Gasteiger partial charge in [0.2, 0.25) is 5.03 Å². The lowest BCUT2D eigenvalue weighted by molar-refractivity contribution is 0.455. The first kappa shape index (κ1) is 14.6. The van der Waals surface area contributed by atoms with Crippen molar-refractivity contribution in [3.05, 3.63) is 44.9 Å². The van der Waals surface area contributed by atoms with E-state index < -0.39 is 20.9 Å².